The van der Waals surface area contributed by atoms with Crippen molar-refractivity contribution in [1.82, 2.24) is 0 Å². The molecule has 0 saturated carbocycles. The van der Waals surface area contributed by atoms with Crippen molar-refractivity contribution in [2.75, 3.05) is 19.8 Å². The summed E-state index contributed by atoms with van der Waals surface area (Å²) in [5.41, 5.74) is 0. The molecule has 1 rings (SSSR count). The first-order valence-corrected chi connectivity index (χ1v) is 11.0. The Balaban J connectivity index is 2.47. The molecule has 4 N–H and O–H groups in total. The quantitative estimate of drug-likeness (QED) is 0.204. The molecule has 1 fully saturated rings. The molecule has 182 valence electrons. The zero-order valence-electron chi connectivity index (χ0n) is 18.5. The van der Waals surface area contributed by atoms with Crippen LogP contribution in [0.3, 0.4) is 0 Å². The Labute approximate surface area is 183 Å². The highest BCUT2D eigenvalue weighted by Gasteiger charge is 2.44. The van der Waals surface area contributed by atoms with E-state index in [0.717, 1.165) is 19.3 Å². The number of carbonyl (C=O) groups excluding carboxylic acids is 2. The van der Waals surface area contributed by atoms with Crippen molar-refractivity contribution in [2.45, 2.75) is 102 Å². The van der Waals surface area contributed by atoms with Crippen LogP contribution in [0.5, 0.6) is 0 Å². The van der Waals surface area contributed by atoms with Crippen molar-refractivity contribution in [3.63, 3.8) is 0 Å². The molecule has 6 unspecified atom stereocenters. The molecule has 0 aromatic rings. The van der Waals surface area contributed by atoms with E-state index in [4.69, 9.17) is 18.9 Å². The number of aliphatic hydroxyl groups is 4. The number of ether oxygens (including phenoxy) is 4. The summed E-state index contributed by atoms with van der Waals surface area (Å²) in [6, 6.07) is 0. The molecule has 0 spiro atoms. The Kier molecular flexibility index (Phi) is 13.9. The summed E-state index contributed by atoms with van der Waals surface area (Å²) in [6.07, 6.45) is -0.431. The van der Waals surface area contributed by atoms with Crippen molar-refractivity contribution in [2.24, 2.45) is 0 Å². The highest BCUT2D eigenvalue weighted by Crippen LogP contribution is 2.22. The molecule has 1 aliphatic heterocycles. The number of hydrogen-bond acceptors (Lipinski definition) is 10. The summed E-state index contributed by atoms with van der Waals surface area (Å²) in [5, 5.41) is 38.9. The van der Waals surface area contributed by atoms with Crippen molar-refractivity contribution >= 4 is 11.9 Å². The van der Waals surface area contributed by atoms with Crippen LogP contribution in [0.25, 0.3) is 0 Å². The first-order valence-electron chi connectivity index (χ1n) is 11.0. The van der Waals surface area contributed by atoms with E-state index in [0.29, 0.717) is 6.42 Å². The fraction of sp³-hybridized carbons (Fsp3) is 0.905. The average molecular weight is 451 g/mol. The minimum atomic E-state index is -1.58. The summed E-state index contributed by atoms with van der Waals surface area (Å²) < 4.78 is 20.9. The van der Waals surface area contributed by atoms with Crippen molar-refractivity contribution < 1.29 is 49.0 Å². The van der Waals surface area contributed by atoms with Gasteiger partial charge in [-0.3, -0.25) is 9.59 Å². The van der Waals surface area contributed by atoms with Crippen LogP contribution >= 0.6 is 0 Å². The van der Waals surface area contributed by atoms with E-state index in [9.17, 15) is 30.0 Å². The molecule has 1 heterocycles. The molecule has 1 saturated heterocycles. The van der Waals surface area contributed by atoms with Gasteiger partial charge >= 0.3 is 11.9 Å². The Morgan fingerprint density at radius 3 is 2.19 bits per heavy atom. The molecule has 31 heavy (non-hydrogen) atoms. The van der Waals surface area contributed by atoms with E-state index in [-0.39, 0.29) is 19.6 Å². The summed E-state index contributed by atoms with van der Waals surface area (Å²) in [5.74, 6) is -1.01. The standard InChI is InChI=1S/C21H38O10/c1-3-4-5-6-7-8-9-10-17(24)30-15(12-28-14(2)23)13-29-21-20(27)19(26)18(25)16(11-22)31-21/h15-16,18-22,25-27H,3-13H2,1-2H3. The van der Waals surface area contributed by atoms with Gasteiger partial charge < -0.3 is 39.4 Å². The summed E-state index contributed by atoms with van der Waals surface area (Å²) in [7, 11) is 0. The number of hydrogen-bond donors (Lipinski definition) is 4. The maximum atomic E-state index is 12.1. The van der Waals surface area contributed by atoms with Crippen molar-refractivity contribution in [3.8, 4) is 0 Å². The molecule has 6 atom stereocenters. The van der Waals surface area contributed by atoms with Gasteiger partial charge in [0.15, 0.2) is 12.4 Å². The van der Waals surface area contributed by atoms with Gasteiger partial charge in [-0.25, -0.2) is 0 Å². The third-order valence-electron chi connectivity index (χ3n) is 5.05. The number of esters is 2. The molecular formula is C21H38O10. The van der Waals surface area contributed by atoms with Gasteiger partial charge in [-0.05, 0) is 6.42 Å². The topological polar surface area (TPSA) is 152 Å². The van der Waals surface area contributed by atoms with E-state index in [1.165, 1.54) is 26.2 Å². The van der Waals surface area contributed by atoms with E-state index in [1.54, 1.807) is 0 Å². The second-order valence-electron chi connectivity index (χ2n) is 7.82. The van der Waals surface area contributed by atoms with Crippen LogP contribution in [0.1, 0.15) is 65.2 Å². The van der Waals surface area contributed by atoms with Gasteiger partial charge in [-0.2, -0.15) is 0 Å². The lowest BCUT2D eigenvalue weighted by Gasteiger charge is -2.39. The molecule has 0 aromatic carbocycles. The Bertz CT molecular complexity index is 512. The molecular weight excluding hydrogens is 412 g/mol. The fourth-order valence-corrected chi connectivity index (χ4v) is 3.20. The largest absolute Gasteiger partial charge is 0.462 e. The van der Waals surface area contributed by atoms with Gasteiger partial charge in [-0.15, -0.1) is 0 Å². The first-order chi connectivity index (χ1) is 14.8. The highest BCUT2D eigenvalue weighted by atomic mass is 16.7. The van der Waals surface area contributed by atoms with Crippen LogP contribution in [0, 0.1) is 0 Å². The summed E-state index contributed by atoms with van der Waals surface area (Å²) in [6.45, 7) is 2.27. The maximum absolute atomic E-state index is 12.1. The van der Waals surface area contributed by atoms with Gasteiger partial charge in [0.05, 0.1) is 13.2 Å². The lowest BCUT2D eigenvalue weighted by molar-refractivity contribution is -0.305. The Morgan fingerprint density at radius 1 is 0.935 bits per heavy atom. The fourth-order valence-electron chi connectivity index (χ4n) is 3.20. The molecule has 1 aliphatic rings. The van der Waals surface area contributed by atoms with Gasteiger partial charge in [0.25, 0.3) is 0 Å². The van der Waals surface area contributed by atoms with E-state index in [2.05, 4.69) is 6.92 Å². The normalized spacial score (nSPS) is 27.0. The first kappa shape index (κ1) is 27.7. The van der Waals surface area contributed by atoms with E-state index >= 15 is 0 Å². The minimum absolute atomic E-state index is 0.227. The molecule has 0 amide bonds. The molecule has 0 aliphatic carbocycles. The molecule has 0 radical (unpaired) electrons. The van der Waals surface area contributed by atoms with Crippen LogP contribution in [0.15, 0.2) is 0 Å². The lowest BCUT2D eigenvalue weighted by Crippen LogP contribution is -2.59. The third-order valence-corrected chi connectivity index (χ3v) is 5.05. The Morgan fingerprint density at radius 2 is 1.58 bits per heavy atom. The second-order valence-corrected chi connectivity index (χ2v) is 7.82. The molecule has 0 aromatic heterocycles. The van der Waals surface area contributed by atoms with Gasteiger partial charge in [0.2, 0.25) is 0 Å². The summed E-state index contributed by atoms with van der Waals surface area (Å²) in [4.78, 5) is 23.3. The van der Waals surface area contributed by atoms with E-state index < -0.39 is 55.4 Å². The predicted molar refractivity (Wildman–Crippen MR) is 109 cm³/mol. The zero-order chi connectivity index (χ0) is 23.2. The maximum Gasteiger partial charge on any atom is 0.306 e. The monoisotopic (exact) mass is 450 g/mol. The van der Waals surface area contributed by atoms with Gasteiger partial charge in [0, 0.05) is 13.3 Å². The average Bonchev–Trinajstić information content (AvgIpc) is 2.74. The highest BCUT2D eigenvalue weighted by molar-refractivity contribution is 5.69. The van der Waals surface area contributed by atoms with Crippen LogP contribution in [0.4, 0.5) is 0 Å². The third kappa shape index (κ3) is 10.7. The van der Waals surface area contributed by atoms with Gasteiger partial charge in [-0.1, -0.05) is 45.4 Å². The zero-order valence-corrected chi connectivity index (χ0v) is 18.5. The van der Waals surface area contributed by atoms with Crippen LogP contribution in [-0.4, -0.2) is 89.0 Å². The van der Waals surface area contributed by atoms with Crippen molar-refractivity contribution in [3.05, 3.63) is 0 Å². The lowest BCUT2D eigenvalue weighted by atomic mass is 9.99. The minimum Gasteiger partial charge on any atom is -0.462 e. The molecule has 10 heteroatoms. The molecule has 0 bridgehead atoms. The number of rotatable bonds is 15. The van der Waals surface area contributed by atoms with E-state index in [1.807, 2.05) is 0 Å². The number of carbonyl (C=O) groups is 2. The Hall–Kier alpha value is -1.30. The summed E-state index contributed by atoms with van der Waals surface area (Å²) >= 11 is 0. The SMILES string of the molecule is CCCCCCCCCC(=O)OC(COC(C)=O)COC1OC(CO)C(O)C(O)C1O. The van der Waals surface area contributed by atoms with Crippen LogP contribution < -0.4 is 0 Å². The van der Waals surface area contributed by atoms with Gasteiger partial charge in [0.1, 0.15) is 31.0 Å². The predicted octanol–water partition coefficient (Wildman–Crippen LogP) is 0.419. The van der Waals surface area contributed by atoms with Crippen molar-refractivity contribution in [1.29, 1.82) is 0 Å². The van der Waals surface area contributed by atoms with Crippen LogP contribution in [-0.2, 0) is 28.5 Å². The van der Waals surface area contributed by atoms with Crippen LogP contribution in [0.2, 0.25) is 0 Å². The smallest absolute Gasteiger partial charge is 0.306 e. The number of aliphatic hydroxyl groups excluding tert-OH is 4. The second kappa shape index (κ2) is 15.5. The number of unbranched alkanes of at least 4 members (excludes halogenated alkanes) is 6. The molecule has 10 nitrogen and oxygen atoms in total.